The molecule has 0 saturated carbocycles. The zero-order valence-electron chi connectivity index (χ0n) is 11.9. The highest BCUT2D eigenvalue weighted by Crippen LogP contribution is 2.07. The first kappa shape index (κ1) is 15.8. The molecule has 2 nitrogen and oxygen atoms in total. The third kappa shape index (κ3) is 7.00. The third-order valence-corrected chi connectivity index (χ3v) is 3.06. The molecule has 1 atom stereocenters. The average molecular weight is 259 g/mol. The van der Waals surface area contributed by atoms with Gasteiger partial charge in [-0.2, -0.15) is 0 Å². The van der Waals surface area contributed by atoms with Crippen LogP contribution in [0.3, 0.4) is 0 Å². The molecule has 1 aromatic rings. The molecule has 1 aromatic carbocycles. The molecule has 19 heavy (non-hydrogen) atoms. The Hall–Kier alpha value is -1.30. The average Bonchev–Trinajstić information content (AvgIpc) is 2.44. The highest BCUT2D eigenvalue weighted by molar-refractivity contribution is 5.37. The quantitative estimate of drug-likeness (QED) is 0.584. The lowest BCUT2D eigenvalue weighted by Gasteiger charge is -2.02. The van der Waals surface area contributed by atoms with Crippen molar-refractivity contribution < 1.29 is 5.11 Å². The van der Waals surface area contributed by atoms with Crippen LogP contribution < -0.4 is 5.73 Å². The van der Waals surface area contributed by atoms with E-state index in [4.69, 9.17) is 5.73 Å². The van der Waals surface area contributed by atoms with Crippen molar-refractivity contribution in [2.24, 2.45) is 5.73 Å². The van der Waals surface area contributed by atoms with Crippen LogP contribution in [-0.4, -0.2) is 17.8 Å². The maximum Gasteiger partial charge on any atom is 0.115 e. The third-order valence-electron chi connectivity index (χ3n) is 3.06. The Morgan fingerprint density at radius 2 is 2.11 bits per heavy atom. The fraction of sp³-hybridized carbons (Fsp3) is 0.529. The smallest absolute Gasteiger partial charge is 0.115 e. The molecule has 0 amide bonds. The number of aliphatic hydroxyl groups excluding tert-OH is 1. The van der Waals surface area contributed by atoms with E-state index < -0.39 is 6.10 Å². The minimum absolute atomic E-state index is 0.501. The molecule has 104 valence electrons. The lowest BCUT2D eigenvalue weighted by atomic mass is 10.1. The summed E-state index contributed by atoms with van der Waals surface area (Å²) in [5, 5.41) is 9.76. The van der Waals surface area contributed by atoms with Crippen molar-refractivity contribution in [2.45, 2.75) is 51.6 Å². The first-order valence-corrected chi connectivity index (χ1v) is 7.25. The Morgan fingerprint density at radius 1 is 1.26 bits per heavy atom. The van der Waals surface area contributed by atoms with Crippen LogP contribution in [0.4, 0.5) is 0 Å². The van der Waals surface area contributed by atoms with Crippen LogP contribution in [0.15, 0.2) is 24.3 Å². The van der Waals surface area contributed by atoms with E-state index in [0.717, 1.165) is 37.7 Å². The second-order valence-electron chi connectivity index (χ2n) is 4.87. The minimum atomic E-state index is -0.501. The van der Waals surface area contributed by atoms with Crippen LogP contribution in [0.5, 0.6) is 0 Å². The molecule has 0 spiro atoms. The number of unbranched alkanes of at least 4 members (excludes halogenated alkanes) is 2. The fourth-order valence-corrected chi connectivity index (χ4v) is 1.94. The van der Waals surface area contributed by atoms with Crippen LogP contribution in [0.1, 0.15) is 50.2 Å². The second kappa shape index (κ2) is 9.61. The Labute approximate surface area is 117 Å². The molecule has 0 aliphatic heterocycles. The van der Waals surface area contributed by atoms with E-state index in [2.05, 4.69) is 30.9 Å². The summed E-state index contributed by atoms with van der Waals surface area (Å²) in [4.78, 5) is 0. The highest BCUT2D eigenvalue weighted by Gasteiger charge is 1.98. The number of rotatable bonds is 7. The van der Waals surface area contributed by atoms with Gasteiger partial charge in [0.15, 0.2) is 0 Å². The van der Waals surface area contributed by atoms with Gasteiger partial charge in [0.05, 0.1) is 0 Å². The van der Waals surface area contributed by atoms with Crippen molar-refractivity contribution in [1.82, 2.24) is 0 Å². The summed E-state index contributed by atoms with van der Waals surface area (Å²) in [6.45, 7) is 2.87. The van der Waals surface area contributed by atoms with Gasteiger partial charge in [0, 0.05) is 5.56 Å². The van der Waals surface area contributed by atoms with Gasteiger partial charge in [0.1, 0.15) is 6.10 Å². The van der Waals surface area contributed by atoms with Crippen LogP contribution in [0, 0.1) is 11.8 Å². The molecule has 0 unspecified atom stereocenters. The Morgan fingerprint density at radius 3 is 2.84 bits per heavy atom. The molecule has 0 heterocycles. The Bertz CT molecular complexity index is 417. The maximum atomic E-state index is 9.76. The summed E-state index contributed by atoms with van der Waals surface area (Å²) in [7, 11) is 0. The van der Waals surface area contributed by atoms with Crippen molar-refractivity contribution in [2.75, 3.05) is 6.54 Å². The zero-order chi connectivity index (χ0) is 13.9. The van der Waals surface area contributed by atoms with E-state index in [9.17, 15) is 5.11 Å². The lowest BCUT2D eigenvalue weighted by molar-refractivity contribution is 0.217. The van der Waals surface area contributed by atoms with E-state index >= 15 is 0 Å². The van der Waals surface area contributed by atoms with Crippen molar-refractivity contribution in [3.8, 4) is 11.8 Å². The summed E-state index contributed by atoms with van der Waals surface area (Å²) < 4.78 is 0. The fourth-order valence-electron chi connectivity index (χ4n) is 1.94. The van der Waals surface area contributed by atoms with Gasteiger partial charge in [0.2, 0.25) is 0 Å². The molecular weight excluding hydrogens is 234 g/mol. The SMILES string of the molecule is CCCCC[C@@H](O)C#Cc1cccc(CCCN)c1. The molecular formula is C17H25NO. The van der Waals surface area contributed by atoms with Crippen molar-refractivity contribution >= 4 is 0 Å². The van der Waals surface area contributed by atoms with Crippen molar-refractivity contribution in [3.63, 3.8) is 0 Å². The van der Waals surface area contributed by atoms with E-state index in [0.29, 0.717) is 6.54 Å². The lowest BCUT2D eigenvalue weighted by Crippen LogP contribution is -2.02. The van der Waals surface area contributed by atoms with Crippen LogP contribution >= 0.6 is 0 Å². The first-order valence-electron chi connectivity index (χ1n) is 7.25. The largest absolute Gasteiger partial charge is 0.380 e. The van der Waals surface area contributed by atoms with Gasteiger partial charge >= 0.3 is 0 Å². The van der Waals surface area contributed by atoms with Crippen LogP contribution in [0.25, 0.3) is 0 Å². The molecule has 2 heteroatoms. The van der Waals surface area contributed by atoms with E-state index in [-0.39, 0.29) is 0 Å². The van der Waals surface area contributed by atoms with E-state index in [1.807, 2.05) is 12.1 Å². The number of aliphatic hydroxyl groups is 1. The number of hydrogen-bond acceptors (Lipinski definition) is 2. The van der Waals surface area contributed by atoms with Gasteiger partial charge in [-0.15, -0.1) is 0 Å². The normalized spacial score (nSPS) is 11.7. The van der Waals surface area contributed by atoms with Gasteiger partial charge in [-0.3, -0.25) is 0 Å². The summed E-state index contributed by atoms with van der Waals surface area (Å²) in [6, 6.07) is 8.18. The number of benzene rings is 1. The predicted molar refractivity (Wildman–Crippen MR) is 80.8 cm³/mol. The van der Waals surface area contributed by atoms with Crippen LogP contribution in [-0.2, 0) is 6.42 Å². The predicted octanol–water partition coefficient (Wildman–Crippen LogP) is 2.87. The van der Waals surface area contributed by atoms with Gasteiger partial charge in [0.25, 0.3) is 0 Å². The van der Waals surface area contributed by atoms with Crippen LogP contribution in [0.2, 0.25) is 0 Å². The standard InChI is InChI=1S/C17H25NO/c1-2-3-4-10-17(19)12-11-16-8-5-7-15(14-16)9-6-13-18/h5,7-8,14,17,19H,2-4,6,9-10,13,18H2,1H3/t17-/m1/s1. The highest BCUT2D eigenvalue weighted by atomic mass is 16.3. The van der Waals surface area contributed by atoms with Crippen molar-refractivity contribution in [1.29, 1.82) is 0 Å². The first-order chi connectivity index (χ1) is 9.26. The molecule has 0 aliphatic rings. The molecule has 0 saturated heterocycles. The summed E-state index contributed by atoms with van der Waals surface area (Å²) in [5.41, 5.74) is 7.75. The minimum Gasteiger partial charge on any atom is -0.380 e. The molecule has 3 N–H and O–H groups in total. The molecule has 0 aliphatic carbocycles. The topological polar surface area (TPSA) is 46.2 Å². The number of nitrogens with two attached hydrogens (primary N) is 1. The molecule has 0 bridgehead atoms. The molecule has 0 aromatic heterocycles. The van der Waals surface area contributed by atoms with Gasteiger partial charge in [-0.1, -0.05) is 43.7 Å². The van der Waals surface area contributed by atoms with E-state index in [1.54, 1.807) is 0 Å². The zero-order valence-corrected chi connectivity index (χ0v) is 11.9. The van der Waals surface area contributed by atoms with E-state index in [1.165, 1.54) is 12.0 Å². The van der Waals surface area contributed by atoms with Gasteiger partial charge in [-0.05, 0) is 49.9 Å². The molecule has 1 rings (SSSR count). The Kier molecular flexibility index (Phi) is 7.97. The summed E-state index contributed by atoms with van der Waals surface area (Å²) in [5.74, 6) is 5.98. The molecule has 0 radical (unpaired) electrons. The number of hydrogen-bond donors (Lipinski definition) is 2. The molecule has 0 fully saturated rings. The Balaban J connectivity index is 2.51. The number of aryl methyl sites for hydroxylation is 1. The summed E-state index contributed by atoms with van der Waals surface area (Å²) >= 11 is 0. The van der Waals surface area contributed by atoms with Crippen molar-refractivity contribution in [3.05, 3.63) is 35.4 Å². The monoisotopic (exact) mass is 259 g/mol. The maximum absolute atomic E-state index is 9.76. The van der Waals surface area contributed by atoms with Gasteiger partial charge < -0.3 is 10.8 Å². The summed E-state index contributed by atoms with van der Waals surface area (Å²) in [6.07, 6.45) is 5.63. The van der Waals surface area contributed by atoms with Gasteiger partial charge in [-0.25, -0.2) is 0 Å². The second-order valence-corrected chi connectivity index (χ2v) is 4.87.